The number of amides is 1. The molecule has 0 atom stereocenters. The first kappa shape index (κ1) is 26.9. The summed E-state index contributed by atoms with van der Waals surface area (Å²) < 4.78 is 24.9. The van der Waals surface area contributed by atoms with Crippen LogP contribution in [0.3, 0.4) is 0 Å². The Kier molecular flexibility index (Phi) is 8.03. The summed E-state index contributed by atoms with van der Waals surface area (Å²) in [5.74, 6) is -0.189. The van der Waals surface area contributed by atoms with Gasteiger partial charge in [0.15, 0.2) is 5.13 Å². The van der Waals surface area contributed by atoms with Crippen molar-refractivity contribution in [1.82, 2.24) is 19.2 Å². The summed E-state index contributed by atoms with van der Waals surface area (Å²) in [6.07, 6.45) is 4.77. The zero-order valence-electron chi connectivity index (χ0n) is 21.8. The van der Waals surface area contributed by atoms with Gasteiger partial charge in [0.25, 0.3) is 5.91 Å². The van der Waals surface area contributed by atoms with Crippen LogP contribution in [0, 0.1) is 6.92 Å². The lowest BCUT2D eigenvalue weighted by Crippen LogP contribution is -2.47. The van der Waals surface area contributed by atoms with E-state index in [1.807, 2.05) is 66.9 Å². The number of aryl methyl sites for hydroxylation is 1. The van der Waals surface area contributed by atoms with Crippen molar-refractivity contribution in [3.8, 4) is 11.3 Å². The van der Waals surface area contributed by atoms with E-state index in [-0.39, 0.29) is 5.91 Å². The number of sulfonamides is 1. The second-order valence-electron chi connectivity index (χ2n) is 9.52. The van der Waals surface area contributed by atoms with Crippen LogP contribution in [0.1, 0.15) is 21.5 Å². The fourth-order valence-corrected chi connectivity index (χ4v) is 5.93. The summed E-state index contributed by atoms with van der Waals surface area (Å²) in [4.78, 5) is 24.0. The third-order valence-electron chi connectivity index (χ3n) is 6.62. The van der Waals surface area contributed by atoms with Gasteiger partial charge in [0.1, 0.15) is 0 Å². The number of carbonyl (C=O) groups excluding carboxylic acids is 1. The van der Waals surface area contributed by atoms with Crippen LogP contribution >= 0.6 is 11.3 Å². The normalized spacial score (nSPS) is 14.7. The van der Waals surface area contributed by atoms with Gasteiger partial charge in [-0.2, -0.15) is 4.31 Å². The summed E-state index contributed by atoms with van der Waals surface area (Å²) in [6, 6.07) is 17.1. The second kappa shape index (κ2) is 11.6. The van der Waals surface area contributed by atoms with Crippen molar-refractivity contribution in [2.24, 2.45) is 0 Å². The number of rotatable bonds is 8. The van der Waals surface area contributed by atoms with Gasteiger partial charge in [-0.25, -0.2) is 13.4 Å². The molecule has 0 bridgehead atoms. The quantitative estimate of drug-likeness (QED) is 0.324. The fraction of sp³-hybridized carbons (Fsp3) is 0.250. The number of thiazole rings is 1. The summed E-state index contributed by atoms with van der Waals surface area (Å²) >= 11 is 1.51. The Balaban J connectivity index is 1.19. The van der Waals surface area contributed by atoms with Crippen LogP contribution < -0.4 is 10.6 Å². The zero-order chi connectivity index (χ0) is 27.4. The molecule has 0 spiro atoms. The Morgan fingerprint density at radius 3 is 2.51 bits per heavy atom. The lowest BCUT2D eigenvalue weighted by Gasteiger charge is -2.33. The van der Waals surface area contributed by atoms with Crippen molar-refractivity contribution < 1.29 is 13.2 Å². The predicted molar refractivity (Wildman–Crippen MR) is 156 cm³/mol. The van der Waals surface area contributed by atoms with E-state index in [2.05, 4.69) is 25.5 Å². The van der Waals surface area contributed by atoms with E-state index in [1.54, 1.807) is 12.4 Å². The minimum Gasteiger partial charge on any atom is -0.331 e. The molecule has 3 heterocycles. The first-order valence-electron chi connectivity index (χ1n) is 12.6. The number of nitrogens with one attached hydrogen (secondary N) is 2. The van der Waals surface area contributed by atoms with Crippen LogP contribution in [0.15, 0.2) is 72.4 Å². The number of aromatic nitrogens is 2. The van der Waals surface area contributed by atoms with Crippen LogP contribution in [0.4, 0.5) is 16.5 Å². The van der Waals surface area contributed by atoms with Gasteiger partial charge in [0, 0.05) is 73.0 Å². The molecule has 0 radical (unpaired) electrons. The SMILES string of the molecule is Cc1ccc(NC(=O)c2ccc(CN3CCN(S(C)(=O)=O)CC3)cc2)cc1Nc1nc(-c2cccnc2)cs1. The number of nitrogens with zero attached hydrogens (tertiary/aromatic N) is 4. The van der Waals surface area contributed by atoms with Gasteiger partial charge in [-0.05, 0) is 54.4 Å². The molecule has 11 heteroatoms. The van der Waals surface area contributed by atoms with E-state index in [9.17, 15) is 13.2 Å². The third kappa shape index (κ3) is 6.87. The molecule has 2 aromatic carbocycles. The Morgan fingerprint density at radius 2 is 1.82 bits per heavy atom. The van der Waals surface area contributed by atoms with Crippen LogP contribution in [0.25, 0.3) is 11.3 Å². The number of benzene rings is 2. The first-order valence-corrected chi connectivity index (χ1v) is 15.3. The minimum atomic E-state index is -3.14. The van der Waals surface area contributed by atoms with E-state index in [0.29, 0.717) is 44.0 Å². The number of hydrogen-bond donors (Lipinski definition) is 2. The van der Waals surface area contributed by atoms with E-state index in [1.165, 1.54) is 21.9 Å². The molecule has 39 heavy (non-hydrogen) atoms. The van der Waals surface area contributed by atoms with Gasteiger partial charge >= 0.3 is 0 Å². The maximum atomic E-state index is 12.9. The van der Waals surface area contributed by atoms with Crippen molar-refractivity contribution in [3.63, 3.8) is 0 Å². The van der Waals surface area contributed by atoms with Crippen LogP contribution in [-0.2, 0) is 16.6 Å². The van der Waals surface area contributed by atoms with Crippen molar-refractivity contribution in [1.29, 1.82) is 0 Å². The number of anilines is 3. The molecule has 9 nitrogen and oxygen atoms in total. The highest BCUT2D eigenvalue weighted by Gasteiger charge is 2.23. The molecule has 0 aliphatic carbocycles. The minimum absolute atomic E-state index is 0.189. The monoisotopic (exact) mass is 562 g/mol. The predicted octanol–water partition coefficient (Wildman–Crippen LogP) is 4.59. The molecular weight excluding hydrogens is 532 g/mol. The van der Waals surface area contributed by atoms with Crippen molar-refractivity contribution >= 4 is 43.8 Å². The van der Waals surface area contributed by atoms with Gasteiger partial charge in [-0.1, -0.05) is 18.2 Å². The van der Waals surface area contributed by atoms with Gasteiger partial charge in [-0.3, -0.25) is 14.7 Å². The molecule has 1 saturated heterocycles. The van der Waals surface area contributed by atoms with Gasteiger partial charge in [0.05, 0.1) is 11.9 Å². The highest BCUT2D eigenvalue weighted by molar-refractivity contribution is 7.88. The van der Waals surface area contributed by atoms with Gasteiger partial charge in [0.2, 0.25) is 10.0 Å². The van der Waals surface area contributed by atoms with E-state index < -0.39 is 10.0 Å². The first-order chi connectivity index (χ1) is 18.7. The lowest BCUT2D eigenvalue weighted by molar-refractivity contribution is 0.102. The zero-order valence-corrected chi connectivity index (χ0v) is 23.4. The molecule has 1 aliphatic heterocycles. The molecule has 0 saturated carbocycles. The van der Waals surface area contributed by atoms with Crippen LogP contribution in [0.5, 0.6) is 0 Å². The smallest absolute Gasteiger partial charge is 0.255 e. The Labute approximate surface area is 232 Å². The molecule has 2 aromatic heterocycles. The fourth-order valence-electron chi connectivity index (χ4n) is 4.37. The van der Waals surface area contributed by atoms with Crippen molar-refractivity contribution in [2.45, 2.75) is 13.5 Å². The maximum Gasteiger partial charge on any atom is 0.255 e. The Bertz CT molecular complexity index is 1550. The Hall–Kier alpha value is -3.64. The molecule has 4 aromatic rings. The number of carbonyl (C=O) groups is 1. The van der Waals surface area contributed by atoms with E-state index in [0.717, 1.165) is 33.2 Å². The van der Waals surface area contributed by atoms with E-state index >= 15 is 0 Å². The summed E-state index contributed by atoms with van der Waals surface area (Å²) in [5.41, 5.74) is 6.05. The average molecular weight is 563 g/mol. The highest BCUT2D eigenvalue weighted by atomic mass is 32.2. The topological polar surface area (TPSA) is 108 Å². The average Bonchev–Trinajstić information content (AvgIpc) is 3.40. The molecule has 1 amide bonds. The molecule has 2 N–H and O–H groups in total. The van der Waals surface area contributed by atoms with Crippen molar-refractivity contribution in [3.05, 3.63) is 89.1 Å². The third-order valence-corrected chi connectivity index (χ3v) is 8.68. The second-order valence-corrected chi connectivity index (χ2v) is 12.4. The van der Waals surface area contributed by atoms with Gasteiger partial charge in [-0.15, -0.1) is 11.3 Å². The molecule has 1 fully saturated rings. The molecule has 1 aliphatic rings. The molecule has 202 valence electrons. The molecular formula is C28H30N6O3S2. The lowest BCUT2D eigenvalue weighted by atomic mass is 10.1. The van der Waals surface area contributed by atoms with E-state index in [4.69, 9.17) is 0 Å². The highest BCUT2D eigenvalue weighted by Crippen LogP contribution is 2.29. The molecule has 5 rings (SSSR count). The van der Waals surface area contributed by atoms with Crippen LogP contribution in [0.2, 0.25) is 0 Å². The number of pyridine rings is 1. The van der Waals surface area contributed by atoms with Crippen molar-refractivity contribution in [2.75, 3.05) is 43.1 Å². The number of hydrogen-bond acceptors (Lipinski definition) is 8. The standard InChI is InChI=1S/C28H30N6O3S2/c1-20-5-10-24(16-25(20)31-28-32-26(19-38-28)23-4-3-11-29-17-23)30-27(35)22-8-6-21(7-9-22)18-33-12-14-34(15-13-33)39(2,36)37/h3-11,16-17,19H,12-15,18H2,1-2H3,(H,30,35)(H,31,32). The summed E-state index contributed by atoms with van der Waals surface area (Å²) in [6.45, 7) is 5.09. The Morgan fingerprint density at radius 1 is 1.05 bits per heavy atom. The molecule has 0 unspecified atom stereocenters. The summed E-state index contributed by atoms with van der Waals surface area (Å²) in [5, 5.41) is 9.10. The largest absolute Gasteiger partial charge is 0.331 e. The maximum absolute atomic E-state index is 12.9. The number of piperazine rings is 1. The summed E-state index contributed by atoms with van der Waals surface area (Å²) in [7, 11) is -3.14. The van der Waals surface area contributed by atoms with Crippen LogP contribution in [-0.4, -0.2) is 65.9 Å². The van der Waals surface area contributed by atoms with Gasteiger partial charge < -0.3 is 10.6 Å².